The first-order chi connectivity index (χ1) is 9.91. The highest BCUT2D eigenvalue weighted by Crippen LogP contribution is 2.52. The summed E-state index contributed by atoms with van der Waals surface area (Å²) in [5.74, 6) is -0.432. The minimum absolute atomic E-state index is 0.190. The van der Waals surface area contributed by atoms with Gasteiger partial charge in [-0.3, -0.25) is 4.57 Å². The zero-order chi connectivity index (χ0) is 17.6. The summed E-state index contributed by atoms with van der Waals surface area (Å²) in [4.78, 5) is 30.3. The molecule has 2 N–H and O–H groups in total. The Morgan fingerprint density at radius 2 is 1.77 bits per heavy atom. The molecule has 2 unspecified atom stereocenters. The number of carbonyl (C=O) groups excluding carboxylic acids is 1. The van der Waals surface area contributed by atoms with Crippen molar-refractivity contribution in [1.29, 1.82) is 0 Å². The molecule has 0 aromatic heterocycles. The van der Waals surface area contributed by atoms with Crippen LogP contribution in [0, 0.1) is 0 Å². The zero-order valence-electron chi connectivity index (χ0n) is 14.2. The quantitative estimate of drug-likeness (QED) is 0.275. The minimum atomic E-state index is -4.33. The molecule has 0 aliphatic rings. The highest BCUT2D eigenvalue weighted by Gasteiger charge is 2.42. The lowest BCUT2D eigenvalue weighted by atomic mass is 9.97. The molecule has 130 valence electrons. The smallest absolute Gasteiger partial charge is 0.356 e. The van der Waals surface area contributed by atoms with Crippen molar-refractivity contribution in [3.63, 3.8) is 0 Å². The fraction of sp³-hybridized carbons (Fsp3) is 0.800. The van der Waals surface area contributed by atoms with E-state index in [-0.39, 0.29) is 13.0 Å². The Kier molecular flexibility index (Phi) is 8.00. The fourth-order valence-electron chi connectivity index (χ4n) is 1.74. The van der Waals surface area contributed by atoms with Gasteiger partial charge in [0.1, 0.15) is 5.60 Å². The van der Waals surface area contributed by atoms with Gasteiger partial charge in [-0.15, -0.1) is 0 Å². The first-order valence-corrected chi connectivity index (χ1v) is 9.10. The van der Waals surface area contributed by atoms with E-state index in [9.17, 15) is 19.1 Å². The van der Waals surface area contributed by atoms with Crippen LogP contribution in [0.25, 0.3) is 0 Å². The molecule has 2 atom stereocenters. The van der Waals surface area contributed by atoms with E-state index in [0.717, 1.165) is 0 Å². The predicted octanol–water partition coefficient (Wildman–Crippen LogP) is 3.38. The summed E-state index contributed by atoms with van der Waals surface area (Å²) in [6, 6.07) is 0. The molecule has 7 heteroatoms. The van der Waals surface area contributed by atoms with E-state index in [1.54, 1.807) is 13.8 Å². The summed E-state index contributed by atoms with van der Waals surface area (Å²) >= 11 is 0. The van der Waals surface area contributed by atoms with Crippen LogP contribution in [-0.2, 0) is 18.8 Å². The topological polar surface area (TPSA) is 93.1 Å². The lowest BCUT2D eigenvalue weighted by Crippen LogP contribution is -2.33. The van der Waals surface area contributed by atoms with Gasteiger partial charge in [0, 0.05) is 12.2 Å². The first-order valence-electron chi connectivity index (χ1n) is 7.49. The monoisotopic (exact) mass is 336 g/mol. The molecular formula is C15H29O6P. The summed E-state index contributed by atoms with van der Waals surface area (Å²) in [7, 11) is -4.33. The van der Waals surface area contributed by atoms with Gasteiger partial charge in [-0.2, -0.15) is 0 Å². The Balaban J connectivity index is 4.51. The number of hydrogen-bond donors (Lipinski definition) is 2. The van der Waals surface area contributed by atoms with E-state index in [1.807, 2.05) is 13.8 Å². The number of hydrogen-bond acceptors (Lipinski definition) is 4. The summed E-state index contributed by atoms with van der Waals surface area (Å²) in [5, 5.41) is -1.47. The van der Waals surface area contributed by atoms with Crippen molar-refractivity contribution in [2.45, 2.75) is 71.2 Å². The van der Waals surface area contributed by atoms with Gasteiger partial charge in [0.2, 0.25) is 0 Å². The largest absolute Gasteiger partial charge is 0.456 e. The lowest BCUT2D eigenvalue weighted by molar-refractivity contribution is -0.154. The fourth-order valence-corrected chi connectivity index (χ4v) is 2.41. The Bertz CT molecular complexity index is 443. The molecule has 0 aliphatic carbocycles. The summed E-state index contributed by atoms with van der Waals surface area (Å²) in [6.07, 6.45) is 1.93. The molecule has 0 heterocycles. The molecule has 0 radical (unpaired) electrons. The Morgan fingerprint density at radius 1 is 1.23 bits per heavy atom. The molecule has 0 amide bonds. The normalized spacial score (nSPS) is 17.4. The number of rotatable bonds is 10. The summed E-state index contributed by atoms with van der Waals surface area (Å²) in [5.41, 5.74) is -0.291. The van der Waals surface area contributed by atoms with Crippen LogP contribution >= 0.6 is 7.60 Å². The van der Waals surface area contributed by atoms with Gasteiger partial charge in [-0.25, -0.2) is 4.79 Å². The van der Waals surface area contributed by atoms with Gasteiger partial charge in [-0.1, -0.05) is 20.4 Å². The molecule has 0 saturated heterocycles. The van der Waals surface area contributed by atoms with Crippen LogP contribution < -0.4 is 0 Å². The molecule has 0 saturated carbocycles. The molecule has 0 rings (SSSR count). The Morgan fingerprint density at radius 3 is 2.14 bits per heavy atom. The van der Waals surface area contributed by atoms with Crippen LogP contribution in [-0.4, -0.2) is 33.3 Å². The molecule has 0 aromatic carbocycles. The van der Waals surface area contributed by atoms with Gasteiger partial charge in [-0.05, 0) is 46.5 Å². The van der Waals surface area contributed by atoms with E-state index in [1.165, 1.54) is 6.92 Å². The van der Waals surface area contributed by atoms with Crippen LogP contribution in [0.4, 0.5) is 0 Å². The van der Waals surface area contributed by atoms with E-state index in [0.29, 0.717) is 24.8 Å². The lowest BCUT2D eigenvalue weighted by Gasteiger charge is -2.31. The van der Waals surface area contributed by atoms with Crippen LogP contribution in [0.15, 0.2) is 12.2 Å². The maximum atomic E-state index is 11.6. The Hall–Kier alpha value is -0.680. The van der Waals surface area contributed by atoms with Gasteiger partial charge in [0.05, 0.1) is 0 Å². The second kappa shape index (κ2) is 8.25. The van der Waals surface area contributed by atoms with E-state index in [2.05, 4.69) is 6.58 Å². The molecule has 0 aromatic rings. The molecule has 22 heavy (non-hydrogen) atoms. The highest BCUT2D eigenvalue weighted by atomic mass is 31.2. The Labute approximate surface area is 133 Å². The minimum Gasteiger partial charge on any atom is -0.456 e. The number of ether oxygens (including phenoxy) is 2. The van der Waals surface area contributed by atoms with Gasteiger partial charge < -0.3 is 19.3 Å². The van der Waals surface area contributed by atoms with Crippen molar-refractivity contribution >= 4 is 13.6 Å². The molecule has 0 aliphatic heterocycles. The molecule has 0 bridgehead atoms. The van der Waals surface area contributed by atoms with Crippen molar-refractivity contribution < 1.29 is 28.6 Å². The molecule has 0 spiro atoms. The maximum absolute atomic E-state index is 11.6. The molecule has 0 fully saturated rings. The van der Waals surface area contributed by atoms with Crippen molar-refractivity contribution in [1.82, 2.24) is 0 Å². The number of carbonyl (C=O) groups is 1. The predicted molar refractivity (Wildman–Crippen MR) is 85.5 cm³/mol. The van der Waals surface area contributed by atoms with Crippen molar-refractivity contribution in [3.8, 4) is 0 Å². The van der Waals surface area contributed by atoms with Crippen LogP contribution in [0.1, 0.15) is 60.3 Å². The highest BCUT2D eigenvalue weighted by molar-refractivity contribution is 7.53. The van der Waals surface area contributed by atoms with Crippen molar-refractivity contribution in [2.24, 2.45) is 0 Å². The second-order valence-electron chi connectivity index (χ2n) is 6.00. The van der Waals surface area contributed by atoms with Crippen LogP contribution in [0.5, 0.6) is 0 Å². The van der Waals surface area contributed by atoms with Crippen LogP contribution in [0.3, 0.4) is 0 Å². The number of esters is 1. The van der Waals surface area contributed by atoms with Crippen molar-refractivity contribution in [3.05, 3.63) is 12.2 Å². The third-order valence-corrected chi connectivity index (χ3v) is 5.65. The third kappa shape index (κ3) is 6.21. The summed E-state index contributed by atoms with van der Waals surface area (Å²) in [6.45, 7) is 12.2. The maximum Gasteiger partial charge on any atom is 0.356 e. The van der Waals surface area contributed by atoms with Crippen LogP contribution in [0.2, 0.25) is 0 Å². The van der Waals surface area contributed by atoms with E-state index < -0.39 is 24.5 Å². The van der Waals surface area contributed by atoms with E-state index >= 15 is 0 Å². The van der Waals surface area contributed by atoms with Gasteiger partial charge in [0.15, 0.2) is 5.34 Å². The average Bonchev–Trinajstić information content (AvgIpc) is 2.41. The average molecular weight is 336 g/mol. The molecule has 6 nitrogen and oxygen atoms in total. The standard InChI is InChI=1S/C15H29O6P/c1-7-14(5,21-13(16)12(3)4)10-9-11-20-15(6,8-2)22(17,18)19/h3,7-11H2,1-2,4-6H3,(H2,17,18,19). The zero-order valence-corrected chi connectivity index (χ0v) is 15.1. The molecular weight excluding hydrogens is 307 g/mol. The van der Waals surface area contributed by atoms with Gasteiger partial charge in [0.25, 0.3) is 0 Å². The second-order valence-corrected chi connectivity index (χ2v) is 8.03. The van der Waals surface area contributed by atoms with Crippen molar-refractivity contribution in [2.75, 3.05) is 6.61 Å². The summed E-state index contributed by atoms with van der Waals surface area (Å²) < 4.78 is 22.3. The van der Waals surface area contributed by atoms with E-state index in [4.69, 9.17) is 9.47 Å². The van der Waals surface area contributed by atoms with Gasteiger partial charge >= 0.3 is 13.6 Å². The third-order valence-electron chi connectivity index (χ3n) is 3.97. The SMILES string of the molecule is C=C(C)C(=O)OC(C)(CC)CCCOC(C)(CC)P(=O)(O)O. The first kappa shape index (κ1) is 21.3.